The summed E-state index contributed by atoms with van der Waals surface area (Å²) < 4.78 is 42.6. The van der Waals surface area contributed by atoms with Crippen LogP contribution in [0.25, 0.3) is 0 Å². The van der Waals surface area contributed by atoms with E-state index in [0.29, 0.717) is 35.2 Å². The Balaban J connectivity index is 2.01. The number of sulfonamides is 1. The predicted molar refractivity (Wildman–Crippen MR) is 118 cm³/mol. The molecule has 0 aliphatic carbocycles. The number of hydrogen-bond donors (Lipinski definition) is 1. The van der Waals surface area contributed by atoms with Gasteiger partial charge >= 0.3 is 10.0 Å². The number of benzene rings is 2. The lowest BCUT2D eigenvalue weighted by atomic mass is 10.2. The molecule has 0 bridgehead atoms. The summed E-state index contributed by atoms with van der Waals surface area (Å²) in [6.07, 6.45) is 5.44. The Bertz CT molecular complexity index is 1040. The van der Waals surface area contributed by atoms with Crippen molar-refractivity contribution in [2.75, 3.05) is 33.1 Å². The van der Waals surface area contributed by atoms with Gasteiger partial charge in [-0.25, -0.2) is 0 Å². The van der Waals surface area contributed by atoms with Crippen molar-refractivity contribution in [1.29, 1.82) is 0 Å². The lowest BCUT2D eigenvalue weighted by molar-refractivity contribution is 0.346. The Morgan fingerprint density at radius 2 is 1.67 bits per heavy atom. The summed E-state index contributed by atoms with van der Waals surface area (Å²) >= 11 is 0. The summed E-state index contributed by atoms with van der Waals surface area (Å²) in [5, 5.41) is 0. The Hall–Kier alpha value is -2.81. The Kier molecular flexibility index (Phi) is 6.50. The zero-order valence-electron chi connectivity index (χ0n) is 17.4. The van der Waals surface area contributed by atoms with Crippen LogP contribution in [0.5, 0.6) is 23.0 Å². The van der Waals surface area contributed by atoms with Crippen LogP contribution in [-0.4, -0.2) is 41.5 Å². The summed E-state index contributed by atoms with van der Waals surface area (Å²) in [5.74, 6) is 2.06. The van der Waals surface area contributed by atoms with Crippen molar-refractivity contribution < 1.29 is 22.6 Å². The highest BCUT2D eigenvalue weighted by atomic mass is 32.2. The molecule has 2 aromatic carbocycles. The third kappa shape index (κ3) is 3.94. The number of hydrogen-bond acceptors (Lipinski definition) is 6. The van der Waals surface area contributed by atoms with Crippen LogP contribution in [0, 0.1) is 0 Å². The molecule has 2 N–H and O–H groups in total. The van der Waals surface area contributed by atoms with Crippen LogP contribution in [-0.2, 0) is 10.0 Å². The second-order valence-electron chi connectivity index (χ2n) is 6.75. The van der Waals surface area contributed by atoms with E-state index in [9.17, 15) is 8.42 Å². The minimum Gasteiger partial charge on any atom is -0.493 e. The van der Waals surface area contributed by atoms with E-state index < -0.39 is 10.0 Å². The highest BCUT2D eigenvalue weighted by molar-refractivity contribution is 7.91. The SMILES string of the molecule is CCS(=O)(=O)[N+]1(c2ccc(Oc3c(OC)cccc3OC)cc2)C=C(CN)C=CC1. The fourth-order valence-corrected chi connectivity index (χ4v) is 4.92. The lowest BCUT2D eigenvalue weighted by Gasteiger charge is -2.34. The van der Waals surface area contributed by atoms with Crippen molar-refractivity contribution in [2.45, 2.75) is 6.92 Å². The van der Waals surface area contributed by atoms with Gasteiger partial charge in [0.05, 0.1) is 20.0 Å². The third-order valence-corrected chi connectivity index (χ3v) is 7.24. The molecule has 1 aliphatic rings. The van der Waals surface area contributed by atoms with Crippen LogP contribution < -0.4 is 23.8 Å². The summed E-state index contributed by atoms with van der Waals surface area (Å²) in [6.45, 7) is 2.22. The first kappa shape index (κ1) is 21.9. The predicted octanol–water partition coefficient (Wildman–Crippen LogP) is 3.57. The minimum absolute atomic E-state index is 0.00581. The van der Waals surface area contributed by atoms with E-state index in [-0.39, 0.29) is 16.2 Å². The van der Waals surface area contributed by atoms with Gasteiger partial charge in [0.15, 0.2) is 17.2 Å². The second kappa shape index (κ2) is 8.91. The summed E-state index contributed by atoms with van der Waals surface area (Å²) in [6, 6.07) is 12.4. The van der Waals surface area contributed by atoms with Crippen LogP contribution in [0.3, 0.4) is 0 Å². The first-order chi connectivity index (χ1) is 14.4. The van der Waals surface area contributed by atoms with Gasteiger partial charge in [-0.3, -0.25) is 0 Å². The van der Waals surface area contributed by atoms with Gasteiger partial charge in [-0.05, 0) is 37.3 Å². The van der Waals surface area contributed by atoms with E-state index in [4.69, 9.17) is 19.9 Å². The van der Waals surface area contributed by atoms with E-state index in [1.165, 1.54) is 0 Å². The molecule has 160 valence electrons. The normalized spacial score (nSPS) is 18.6. The molecule has 1 aliphatic heterocycles. The Labute approximate surface area is 177 Å². The largest absolute Gasteiger partial charge is 0.493 e. The van der Waals surface area contributed by atoms with E-state index in [2.05, 4.69) is 0 Å². The molecule has 0 saturated carbocycles. The number of nitrogens with zero attached hydrogens (tertiary/aromatic N) is 1. The van der Waals surface area contributed by atoms with Crippen LogP contribution in [0.15, 0.2) is 66.4 Å². The molecule has 0 aromatic heterocycles. The maximum Gasteiger partial charge on any atom is 0.306 e. The number of quaternary nitrogens is 1. The average molecular weight is 432 g/mol. The Morgan fingerprint density at radius 1 is 1.03 bits per heavy atom. The standard InChI is InChI=1S/C22H27N2O5S/c1-4-30(25,26)24(14-6-7-17(15-23)16-24)18-10-12-19(13-11-18)29-22-20(27-2)8-5-9-21(22)28-3/h5-13,16H,4,14-15,23H2,1-3H3/q+1. The van der Waals surface area contributed by atoms with Crippen molar-refractivity contribution in [3.8, 4) is 23.0 Å². The topological polar surface area (TPSA) is 87.9 Å². The van der Waals surface area contributed by atoms with E-state index >= 15 is 0 Å². The molecule has 3 rings (SSSR count). The molecule has 1 unspecified atom stereocenters. The fraction of sp³-hybridized carbons (Fsp3) is 0.273. The highest BCUT2D eigenvalue weighted by Gasteiger charge is 2.42. The van der Waals surface area contributed by atoms with Gasteiger partial charge in [0.25, 0.3) is 0 Å². The molecule has 2 aromatic rings. The first-order valence-corrected chi connectivity index (χ1v) is 11.2. The van der Waals surface area contributed by atoms with Crippen LogP contribution >= 0.6 is 0 Å². The molecular formula is C22H27N2O5S+. The van der Waals surface area contributed by atoms with Gasteiger partial charge in [-0.2, -0.15) is 12.3 Å². The molecule has 0 fully saturated rings. The Morgan fingerprint density at radius 3 is 2.20 bits per heavy atom. The van der Waals surface area contributed by atoms with Crippen molar-refractivity contribution in [3.63, 3.8) is 0 Å². The number of rotatable bonds is 8. The molecule has 0 saturated heterocycles. The van der Waals surface area contributed by atoms with Gasteiger partial charge in [-0.1, -0.05) is 12.1 Å². The monoisotopic (exact) mass is 431 g/mol. The molecule has 0 spiro atoms. The van der Waals surface area contributed by atoms with Crippen molar-refractivity contribution in [1.82, 2.24) is 3.89 Å². The van der Waals surface area contributed by atoms with Crippen LogP contribution in [0.2, 0.25) is 0 Å². The third-order valence-electron chi connectivity index (χ3n) is 5.06. The minimum atomic E-state index is -3.50. The van der Waals surface area contributed by atoms with Gasteiger partial charge in [0.2, 0.25) is 5.75 Å². The molecule has 1 atom stereocenters. The van der Waals surface area contributed by atoms with Crippen LogP contribution in [0.4, 0.5) is 5.69 Å². The van der Waals surface area contributed by atoms with E-state index in [0.717, 1.165) is 5.57 Å². The molecule has 0 amide bonds. The highest BCUT2D eigenvalue weighted by Crippen LogP contribution is 2.41. The number of nitrogens with two attached hydrogens (primary N) is 1. The second-order valence-corrected chi connectivity index (χ2v) is 9.14. The van der Waals surface area contributed by atoms with Gasteiger partial charge in [0.1, 0.15) is 18.5 Å². The zero-order valence-corrected chi connectivity index (χ0v) is 18.2. The zero-order chi connectivity index (χ0) is 21.8. The summed E-state index contributed by atoms with van der Waals surface area (Å²) in [5.41, 5.74) is 7.18. The number of ether oxygens (including phenoxy) is 3. The van der Waals surface area contributed by atoms with E-state index in [1.54, 1.807) is 63.7 Å². The van der Waals surface area contributed by atoms with Crippen molar-refractivity contribution in [3.05, 3.63) is 66.4 Å². The molecular weight excluding hydrogens is 404 g/mol. The van der Waals surface area contributed by atoms with Gasteiger partial charge in [-0.15, -0.1) is 0 Å². The maximum absolute atomic E-state index is 13.1. The molecule has 1 heterocycles. The van der Waals surface area contributed by atoms with Crippen LogP contribution in [0.1, 0.15) is 6.92 Å². The smallest absolute Gasteiger partial charge is 0.306 e. The van der Waals surface area contributed by atoms with Crippen molar-refractivity contribution >= 4 is 15.7 Å². The maximum atomic E-state index is 13.1. The summed E-state index contributed by atoms with van der Waals surface area (Å²) in [4.78, 5) is 0. The number of para-hydroxylation sites is 1. The lowest BCUT2D eigenvalue weighted by Crippen LogP contribution is -2.51. The average Bonchev–Trinajstić information content (AvgIpc) is 2.79. The van der Waals surface area contributed by atoms with Crippen molar-refractivity contribution in [2.24, 2.45) is 5.73 Å². The van der Waals surface area contributed by atoms with Gasteiger partial charge < -0.3 is 19.9 Å². The quantitative estimate of drug-likeness (QED) is 0.643. The first-order valence-electron chi connectivity index (χ1n) is 9.59. The molecule has 30 heavy (non-hydrogen) atoms. The van der Waals surface area contributed by atoms with Gasteiger partial charge in [0, 0.05) is 24.3 Å². The molecule has 0 radical (unpaired) electrons. The number of methoxy groups -OCH3 is 2. The molecule has 7 nitrogen and oxygen atoms in total. The van der Waals surface area contributed by atoms with E-state index in [1.807, 2.05) is 18.2 Å². The summed E-state index contributed by atoms with van der Waals surface area (Å²) in [7, 11) is -0.388. The molecule has 8 heteroatoms. The fourth-order valence-electron chi connectivity index (χ4n) is 3.41.